The van der Waals surface area contributed by atoms with Crippen LogP contribution in [0.4, 0.5) is 0 Å². The first-order valence-electron chi connectivity index (χ1n) is 7.12. The van der Waals surface area contributed by atoms with Gasteiger partial charge in [-0.2, -0.15) is 0 Å². The number of fused-ring (bicyclic) bond motifs is 1. The summed E-state index contributed by atoms with van der Waals surface area (Å²) in [6, 6.07) is 4.37. The Balaban J connectivity index is 1.67. The fourth-order valence-corrected chi connectivity index (χ4v) is 2.13. The number of benzene rings is 1. The second kappa shape index (κ2) is 6.22. The highest BCUT2D eigenvalue weighted by Crippen LogP contribution is 2.38. The maximum absolute atomic E-state index is 11.1. The summed E-state index contributed by atoms with van der Waals surface area (Å²) in [4.78, 5) is 11.1. The van der Waals surface area contributed by atoms with E-state index in [9.17, 15) is 4.79 Å². The van der Waals surface area contributed by atoms with Gasteiger partial charge in [0, 0.05) is 24.2 Å². The summed E-state index contributed by atoms with van der Waals surface area (Å²) in [6.07, 6.45) is 2.67. The van der Waals surface area contributed by atoms with E-state index in [1.807, 2.05) is 12.1 Å². The molecule has 1 aromatic carbocycles. The normalized spacial score (nSPS) is 15.9. The number of carbonyl (C=O) groups is 1. The lowest BCUT2D eigenvalue weighted by Crippen LogP contribution is -2.16. The van der Waals surface area contributed by atoms with Gasteiger partial charge in [-0.25, -0.2) is 0 Å². The molecule has 1 N–H and O–H groups in total. The van der Waals surface area contributed by atoms with E-state index in [4.69, 9.17) is 14.2 Å². The zero-order chi connectivity index (χ0) is 14.7. The Morgan fingerprint density at radius 1 is 1.33 bits per heavy atom. The van der Waals surface area contributed by atoms with Crippen LogP contribution in [-0.2, 0) is 16.1 Å². The van der Waals surface area contributed by atoms with Crippen molar-refractivity contribution in [2.75, 3.05) is 20.5 Å². The molecule has 2 aliphatic rings. The second-order valence-corrected chi connectivity index (χ2v) is 5.14. The monoisotopic (exact) mass is 293 g/mol. The molecule has 3 rings (SSSR count). The summed E-state index contributed by atoms with van der Waals surface area (Å²) in [5.74, 6) is 1.85. The number of rotatable bonds is 7. The van der Waals surface area contributed by atoms with E-state index in [1.54, 1.807) is 0 Å². The quantitative estimate of drug-likeness (QED) is 0.770. The number of esters is 1. The van der Waals surface area contributed by atoms with Gasteiger partial charge in [-0.1, -0.05) is 0 Å². The second-order valence-electron chi connectivity index (χ2n) is 5.14. The third kappa shape index (κ3) is 3.58. The van der Waals surface area contributed by atoms with Crippen LogP contribution in [0.25, 0.3) is 0 Å². The first-order valence-corrected chi connectivity index (χ1v) is 7.12. The van der Waals surface area contributed by atoms with E-state index in [0.29, 0.717) is 11.8 Å². The zero-order valence-corrected chi connectivity index (χ0v) is 12.0. The Bertz CT molecular complexity index is 527. The summed E-state index contributed by atoms with van der Waals surface area (Å²) in [5.41, 5.74) is 1.01. The minimum Gasteiger partial charge on any atom is -0.493 e. The lowest BCUT2D eigenvalue weighted by atomic mass is 10.1. The molecule has 1 aliphatic carbocycles. The molecule has 0 amide bonds. The van der Waals surface area contributed by atoms with Crippen LogP contribution in [-0.4, -0.2) is 32.5 Å². The molecule has 0 saturated heterocycles. The van der Waals surface area contributed by atoms with Crippen LogP contribution in [0.1, 0.15) is 24.8 Å². The smallest absolute Gasteiger partial charge is 0.308 e. The predicted molar refractivity (Wildman–Crippen MR) is 74.6 cm³/mol. The molecule has 1 aromatic rings. The van der Waals surface area contributed by atoms with E-state index >= 15 is 0 Å². The molecule has 0 radical (unpaired) electrons. The minimum absolute atomic E-state index is 0.223. The molecule has 21 heavy (non-hydrogen) atoms. The molecule has 0 atom stereocenters. The van der Waals surface area contributed by atoms with E-state index in [0.717, 1.165) is 23.6 Å². The molecule has 0 aromatic heterocycles. The molecular weight excluding hydrogens is 274 g/mol. The lowest BCUT2D eigenvalue weighted by Gasteiger charge is -2.13. The molecule has 0 unspecified atom stereocenters. The maximum atomic E-state index is 11.1. The van der Waals surface area contributed by atoms with Gasteiger partial charge in [0.25, 0.3) is 0 Å². The van der Waals surface area contributed by atoms with Crippen molar-refractivity contribution in [3.05, 3.63) is 17.7 Å². The molecule has 1 heterocycles. The van der Waals surface area contributed by atoms with E-state index in [1.165, 1.54) is 20.0 Å². The van der Waals surface area contributed by atoms with E-state index < -0.39 is 0 Å². The number of hydrogen-bond donors (Lipinski definition) is 1. The van der Waals surface area contributed by atoms with Crippen LogP contribution in [0.15, 0.2) is 12.1 Å². The van der Waals surface area contributed by atoms with Crippen LogP contribution in [0.3, 0.4) is 0 Å². The van der Waals surface area contributed by atoms with Gasteiger partial charge in [0.1, 0.15) is 5.75 Å². The third-order valence-electron chi connectivity index (χ3n) is 3.51. The molecule has 1 saturated carbocycles. The average molecular weight is 293 g/mol. The van der Waals surface area contributed by atoms with Crippen molar-refractivity contribution >= 4 is 5.97 Å². The summed E-state index contributed by atoms with van der Waals surface area (Å²) in [7, 11) is 1.37. The lowest BCUT2D eigenvalue weighted by molar-refractivity contribution is -0.141. The number of hydrogen-bond acceptors (Lipinski definition) is 6. The van der Waals surface area contributed by atoms with Crippen molar-refractivity contribution in [2.24, 2.45) is 0 Å². The fraction of sp³-hybridized carbons (Fsp3) is 0.533. The Morgan fingerprint density at radius 2 is 2.10 bits per heavy atom. The van der Waals surface area contributed by atoms with Gasteiger partial charge in [-0.15, -0.1) is 0 Å². The first-order chi connectivity index (χ1) is 10.3. The van der Waals surface area contributed by atoms with Crippen LogP contribution in [0, 0.1) is 0 Å². The third-order valence-corrected chi connectivity index (χ3v) is 3.51. The zero-order valence-electron chi connectivity index (χ0n) is 12.0. The highest BCUT2D eigenvalue weighted by Gasteiger charge is 2.23. The Morgan fingerprint density at radius 3 is 2.81 bits per heavy atom. The summed E-state index contributed by atoms with van der Waals surface area (Å²) in [6.45, 7) is 1.23. The van der Waals surface area contributed by atoms with E-state index in [-0.39, 0.29) is 25.8 Å². The van der Waals surface area contributed by atoms with Gasteiger partial charge >= 0.3 is 5.97 Å². The Hall–Kier alpha value is -1.95. The molecule has 114 valence electrons. The summed E-state index contributed by atoms with van der Waals surface area (Å²) in [5, 5.41) is 3.45. The highest BCUT2D eigenvalue weighted by molar-refractivity contribution is 5.69. The van der Waals surface area contributed by atoms with Crippen LogP contribution in [0.5, 0.6) is 17.2 Å². The molecule has 1 aliphatic heterocycles. The predicted octanol–water partition coefficient (Wildman–Crippen LogP) is 1.61. The van der Waals surface area contributed by atoms with Gasteiger partial charge in [0.2, 0.25) is 6.79 Å². The van der Waals surface area contributed by atoms with Crippen molar-refractivity contribution < 1.29 is 23.7 Å². The number of ether oxygens (including phenoxy) is 4. The average Bonchev–Trinajstić information content (AvgIpc) is 3.21. The van der Waals surface area contributed by atoms with Crippen LogP contribution >= 0.6 is 0 Å². The van der Waals surface area contributed by atoms with Gasteiger partial charge < -0.3 is 24.3 Å². The number of nitrogens with one attached hydrogen (secondary N) is 1. The highest BCUT2D eigenvalue weighted by atomic mass is 16.7. The van der Waals surface area contributed by atoms with Crippen LogP contribution < -0.4 is 19.5 Å². The Kier molecular flexibility index (Phi) is 4.15. The SMILES string of the molecule is COC(=O)CCOc1cc2c(cc1CNC1CC1)OCO2. The van der Waals surface area contributed by atoms with Gasteiger partial charge in [-0.3, -0.25) is 4.79 Å². The van der Waals surface area contributed by atoms with Crippen molar-refractivity contribution in [3.63, 3.8) is 0 Å². The van der Waals surface area contributed by atoms with Gasteiger partial charge in [0.05, 0.1) is 20.1 Å². The molecule has 0 bridgehead atoms. The van der Waals surface area contributed by atoms with E-state index in [2.05, 4.69) is 10.1 Å². The topological polar surface area (TPSA) is 66.0 Å². The summed E-state index contributed by atoms with van der Waals surface area (Å²) < 4.78 is 21.1. The van der Waals surface area contributed by atoms with Crippen molar-refractivity contribution in [2.45, 2.75) is 31.8 Å². The Labute approximate surface area is 123 Å². The molecule has 6 nitrogen and oxygen atoms in total. The van der Waals surface area contributed by atoms with Gasteiger partial charge in [0.15, 0.2) is 11.5 Å². The fourth-order valence-electron chi connectivity index (χ4n) is 2.13. The number of carbonyl (C=O) groups excluding carboxylic acids is 1. The first kappa shape index (κ1) is 14.0. The maximum Gasteiger partial charge on any atom is 0.308 e. The minimum atomic E-state index is -0.284. The molecule has 6 heteroatoms. The van der Waals surface area contributed by atoms with Crippen molar-refractivity contribution in [1.82, 2.24) is 5.32 Å². The van der Waals surface area contributed by atoms with Crippen molar-refractivity contribution in [3.8, 4) is 17.2 Å². The standard InChI is InChI=1S/C15H19NO5/c1-18-15(17)4-5-19-12-7-14-13(20-9-21-14)6-10(12)8-16-11-2-3-11/h6-7,11,16H,2-5,8-9H2,1H3. The number of methoxy groups -OCH3 is 1. The molecular formula is C15H19NO5. The van der Waals surface area contributed by atoms with Crippen LogP contribution in [0.2, 0.25) is 0 Å². The summed E-state index contributed by atoms with van der Waals surface area (Å²) >= 11 is 0. The molecule has 1 fully saturated rings. The van der Waals surface area contributed by atoms with Crippen molar-refractivity contribution in [1.29, 1.82) is 0 Å². The largest absolute Gasteiger partial charge is 0.493 e. The molecule has 0 spiro atoms. The van der Waals surface area contributed by atoms with Gasteiger partial charge in [-0.05, 0) is 18.9 Å².